The number of rotatable bonds is 4. The molecule has 0 saturated heterocycles. The van der Waals surface area contributed by atoms with Crippen LogP contribution in [0.3, 0.4) is 0 Å². The van der Waals surface area contributed by atoms with Crippen molar-refractivity contribution in [1.82, 2.24) is 0 Å². The van der Waals surface area contributed by atoms with Gasteiger partial charge in [-0.1, -0.05) is 39.7 Å². The van der Waals surface area contributed by atoms with E-state index in [0.717, 1.165) is 16.6 Å². The Kier molecular flexibility index (Phi) is 4.83. The van der Waals surface area contributed by atoms with Gasteiger partial charge in [-0.25, -0.2) is 4.39 Å². The molecular formula is C15H14BrClFN. The van der Waals surface area contributed by atoms with E-state index in [1.54, 1.807) is 6.07 Å². The summed E-state index contributed by atoms with van der Waals surface area (Å²) in [7, 11) is 0. The molecule has 1 nitrogen and oxygen atoms in total. The normalized spacial score (nSPS) is 12.2. The molecule has 0 aliphatic carbocycles. The van der Waals surface area contributed by atoms with E-state index >= 15 is 0 Å². The number of anilines is 1. The van der Waals surface area contributed by atoms with Crippen molar-refractivity contribution in [3.05, 3.63) is 63.3 Å². The van der Waals surface area contributed by atoms with E-state index in [9.17, 15) is 4.39 Å². The van der Waals surface area contributed by atoms with Crippen LogP contribution in [0.2, 0.25) is 5.02 Å². The monoisotopic (exact) mass is 341 g/mol. The highest BCUT2D eigenvalue weighted by molar-refractivity contribution is 9.10. The fourth-order valence-electron chi connectivity index (χ4n) is 1.90. The highest BCUT2D eigenvalue weighted by Crippen LogP contribution is 2.23. The van der Waals surface area contributed by atoms with Gasteiger partial charge in [0.1, 0.15) is 5.82 Å². The highest BCUT2D eigenvalue weighted by Gasteiger charge is 2.07. The zero-order chi connectivity index (χ0) is 13.8. The van der Waals surface area contributed by atoms with Gasteiger partial charge in [0, 0.05) is 10.5 Å². The predicted octanol–water partition coefficient (Wildman–Crippen LogP) is 5.28. The largest absolute Gasteiger partial charge is 0.381 e. The lowest BCUT2D eigenvalue weighted by atomic mass is 10.1. The van der Waals surface area contributed by atoms with Crippen LogP contribution in [0, 0.1) is 5.82 Å². The Balaban J connectivity index is 2.01. The first-order valence-corrected chi connectivity index (χ1v) is 7.18. The van der Waals surface area contributed by atoms with Gasteiger partial charge in [0.25, 0.3) is 0 Å². The van der Waals surface area contributed by atoms with Gasteiger partial charge in [-0.2, -0.15) is 0 Å². The van der Waals surface area contributed by atoms with Gasteiger partial charge >= 0.3 is 0 Å². The molecule has 0 aliphatic heterocycles. The van der Waals surface area contributed by atoms with Crippen LogP contribution in [0.1, 0.15) is 12.5 Å². The Morgan fingerprint density at radius 3 is 2.53 bits per heavy atom. The Morgan fingerprint density at radius 2 is 1.89 bits per heavy atom. The fraction of sp³-hybridized carbons (Fsp3) is 0.200. The van der Waals surface area contributed by atoms with Crippen LogP contribution >= 0.6 is 27.5 Å². The molecule has 1 atom stereocenters. The molecule has 2 aromatic carbocycles. The van der Waals surface area contributed by atoms with Crippen LogP contribution in [-0.4, -0.2) is 6.04 Å². The maximum Gasteiger partial charge on any atom is 0.124 e. The smallest absolute Gasteiger partial charge is 0.124 e. The molecule has 100 valence electrons. The summed E-state index contributed by atoms with van der Waals surface area (Å²) in [5.74, 6) is -0.323. The molecule has 0 spiro atoms. The lowest BCUT2D eigenvalue weighted by Crippen LogP contribution is -2.18. The van der Waals surface area contributed by atoms with Gasteiger partial charge in [-0.05, 0) is 49.2 Å². The molecule has 0 aromatic heterocycles. The van der Waals surface area contributed by atoms with Crippen LogP contribution in [0.4, 0.5) is 10.1 Å². The van der Waals surface area contributed by atoms with Crippen molar-refractivity contribution in [2.75, 3.05) is 5.32 Å². The van der Waals surface area contributed by atoms with Crippen molar-refractivity contribution in [2.45, 2.75) is 19.4 Å². The minimum absolute atomic E-state index is 0.212. The molecule has 0 amide bonds. The first kappa shape index (κ1) is 14.4. The molecule has 19 heavy (non-hydrogen) atoms. The Hall–Kier alpha value is -1.06. The third kappa shape index (κ3) is 4.22. The van der Waals surface area contributed by atoms with Crippen molar-refractivity contribution < 1.29 is 4.39 Å². The second-order valence-corrected chi connectivity index (χ2v) is 5.82. The first-order chi connectivity index (χ1) is 9.04. The molecule has 0 radical (unpaired) electrons. The van der Waals surface area contributed by atoms with E-state index in [4.69, 9.17) is 11.6 Å². The van der Waals surface area contributed by atoms with Gasteiger partial charge in [0.15, 0.2) is 0 Å². The molecule has 1 N–H and O–H groups in total. The summed E-state index contributed by atoms with van der Waals surface area (Å²) in [6, 6.07) is 12.8. The number of nitrogens with one attached hydrogen (secondary N) is 1. The lowest BCUT2D eigenvalue weighted by Gasteiger charge is -2.16. The van der Waals surface area contributed by atoms with Crippen LogP contribution in [-0.2, 0) is 6.42 Å². The Labute approximate surface area is 125 Å². The van der Waals surface area contributed by atoms with Crippen molar-refractivity contribution in [2.24, 2.45) is 0 Å². The molecular weight excluding hydrogens is 329 g/mol. The SMILES string of the molecule is CC(Cc1ccc(Br)cc1)Nc1ccc(F)cc1Cl. The maximum atomic E-state index is 13.0. The quantitative estimate of drug-likeness (QED) is 0.796. The van der Waals surface area contributed by atoms with Crippen LogP contribution in [0.25, 0.3) is 0 Å². The summed E-state index contributed by atoms with van der Waals surface area (Å²) in [5.41, 5.74) is 1.99. The summed E-state index contributed by atoms with van der Waals surface area (Å²) in [5, 5.41) is 3.70. The molecule has 2 rings (SSSR count). The minimum atomic E-state index is -0.323. The van der Waals surface area contributed by atoms with E-state index in [1.165, 1.54) is 17.7 Å². The van der Waals surface area contributed by atoms with Crippen molar-refractivity contribution in [1.29, 1.82) is 0 Å². The molecule has 0 heterocycles. The molecule has 0 saturated carbocycles. The average molecular weight is 343 g/mol. The fourth-order valence-corrected chi connectivity index (χ4v) is 2.38. The van der Waals surface area contributed by atoms with E-state index in [-0.39, 0.29) is 11.9 Å². The molecule has 0 bridgehead atoms. The third-order valence-electron chi connectivity index (χ3n) is 2.79. The van der Waals surface area contributed by atoms with E-state index in [1.807, 2.05) is 12.1 Å². The minimum Gasteiger partial charge on any atom is -0.381 e. The maximum absolute atomic E-state index is 13.0. The Morgan fingerprint density at radius 1 is 1.21 bits per heavy atom. The molecule has 4 heteroatoms. The number of halogens is 3. The van der Waals surface area contributed by atoms with Gasteiger partial charge in [0.05, 0.1) is 10.7 Å². The molecule has 0 fully saturated rings. The standard InChI is InChI=1S/C15H14BrClFN/c1-10(8-11-2-4-12(16)5-3-11)19-15-7-6-13(18)9-14(15)17/h2-7,9-10,19H,8H2,1H3. The Bertz CT molecular complexity index is 557. The molecule has 1 unspecified atom stereocenters. The predicted molar refractivity (Wildman–Crippen MR) is 82.3 cm³/mol. The van der Waals surface area contributed by atoms with Gasteiger partial charge < -0.3 is 5.32 Å². The summed E-state index contributed by atoms with van der Waals surface area (Å²) >= 11 is 9.40. The summed E-state index contributed by atoms with van der Waals surface area (Å²) in [4.78, 5) is 0. The van der Waals surface area contributed by atoms with E-state index < -0.39 is 0 Å². The lowest BCUT2D eigenvalue weighted by molar-refractivity contribution is 0.628. The van der Waals surface area contributed by atoms with Crippen molar-refractivity contribution in [3.63, 3.8) is 0 Å². The number of hydrogen-bond donors (Lipinski definition) is 1. The highest BCUT2D eigenvalue weighted by atomic mass is 79.9. The molecule has 2 aromatic rings. The van der Waals surface area contributed by atoms with E-state index in [0.29, 0.717) is 5.02 Å². The van der Waals surface area contributed by atoms with E-state index in [2.05, 4.69) is 40.3 Å². The van der Waals surface area contributed by atoms with Crippen molar-refractivity contribution >= 4 is 33.2 Å². The summed E-state index contributed by atoms with van der Waals surface area (Å²) in [6.07, 6.45) is 0.876. The summed E-state index contributed by atoms with van der Waals surface area (Å²) < 4.78 is 14.0. The zero-order valence-electron chi connectivity index (χ0n) is 10.5. The van der Waals surface area contributed by atoms with Gasteiger partial charge in [-0.3, -0.25) is 0 Å². The van der Waals surface area contributed by atoms with Gasteiger partial charge in [0.2, 0.25) is 0 Å². The topological polar surface area (TPSA) is 12.0 Å². The van der Waals surface area contributed by atoms with Crippen LogP contribution < -0.4 is 5.32 Å². The first-order valence-electron chi connectivity index (χ1n) is 6.00. The molecule has 0 aliphatic rings. The van der Waals surface area contributed by atoms with Gasteiger partial charge in [-0.15, -0.1) is 0 Å². The van der Waals surface area contributed by atoms with Crippen molar-refractivity contribution in [3.8, 4) is 0 Å². The van der Waals surface area contributed by atoms with Crippen LogP contribution in [0.5, 0.6) is 0 Å². The summed E-state index contributed by atoms with van der Waals surface area (Å²) in [6.45, 7) is 2.07. The third-order valence-corrected chi connectivity index (χ3v) is 3.63. The number of benzene rings is 2. The second kappa shape index (κ2) is 6.40. The van der Waals surface area contributed by atoms with Crippen LogP contribution in [0.15, 0.2) is 46.9 Å². The average Bonchev–Trinajstić information content (AvgIpc) is 2.36. The second-order valence-electron chi connectivity index (χ2n) is 4.50. The zero-order valence-corrected chi connectivity index (χ0v) is 12.8. The number of hydrogen-bond acceptors (Lipinski definition) is 1.